The maximum Gasteiger partial charge on any atom is 0.191 e. The Kier molecular flexibility index (Phi) is 9.47. The summed E-state index contributed by atoms with van der Waals surface area (Å²) in [5, 5.41) is 6.72. The van der Waals surface area contributed by atoms with Gasteiger partial charge in [0.05, 0.1) is 6.54 Å². The molecule has 1 fully saturated rings. The van der Waals surface area contributed by atoms with Crippen molar-refractivity contribution in [1.29, 1.82) is 0 Å². The van der Waals surface area contributed by atoms with Crippen molar-refractivity contribution in [2.75, 3.05) is 25.9 Å². The molecule has 0 aliphatic heterocycles. The van der Waals surface area contributed by atoms with Gasteiger partial charge in [0.25, 0.3) is 0 Å². The molecular weight excluding hydrogens is 357 g/mol. The average molecular weight is 385 g/mol. The van der Waals surface area contributed by atoms with Crippen molar-refractivity contribution in [3.63, 3.8) is 0 Å². The molecule has 0 heterocycles. The minimum absolute atomic E-state index is 0. The topological polar surface area (TPSA) is 36.4 Å². The van der Waals surface area contributed by atoms with Gasteiger partial charge in [0.15, 0.2) is 5.96 Å². The van der Waals surface area contributed by atoms with Crippen LogP contribution < -0.4 is 10.6 Å². The van der Waals surface area contributed by atoms with E-state index < -0.39 is 0 Å². The van der Waals surface area contributed by atoms with Crippen molar-refractivity contribution in [3.05, 3.63) is 0 Å². The highest BCUT2D eigenvalue weighted by atomic mass is 127. The molecule has 0 saturated heterocycles. The van der Waals surface area contributed by atoms with E-state index in [2.05, 4.69) is 42.7 Å². The fourth-order valence-electron chi connectivity index (χ4n) is 1.48. The van der Waals surface area contributed by atoms with Crippen LogP contribution in [0.25, 0.3) is 0 Å². The molecule has 1 aliphatic rings. The first-order valence-electron chi connectivity index (χ1n) is 6.64. The largest absolute Gasteiger partial charge is 0.357 e. The highest BCUT2D eigenvalue weighted by Crippen LogP contribution is 2.31. The summed E-state index contributed by atoms with van der Waals surface area (Å²) < 4.78 is 0.221. The first-order valence-corrected chi connectivity index (χ1v) is 7.87. The highest BCUT2D eigenvalue weighted by Gasteiger charge is 2.20. The van der Waals surface area contributed by atoms with Crippen LogP contribution in [0.15, 0.2) is 4.99 Å². The zero-order chi connectivity index (χ0) is 12.7. The van der Waals surface area contributed by atoms with Gasteiger partial charge in [0, 0.05) is 17.8 Å². The van der Waals surface area contributed by atoms with Gasteiger partial charge in [0.1, 0.15) is 0 Å². The smallest absolute Gasteiger partial charge is 0.191 e. The number of thioether (sulfide) groups is 1. The van der Waals surface area contributed by atoms with Gasteiger partial charge >= 0.3 is 0 Å². The second-order valence-corrected chi connectivity index (χ2v) is 6.83. The Labute approximate surface area is 133 Å². The van der Waals surface area contributed by atoms with Crippen LogP contribution in [0.4, 0.5) is 0 Å². The number of aliphatic imine (C=N–C) groups is 1. The Morgan fingerprint density at radius 3 is 2.50 bits per heavy atom. The molecule has 0 atom stereocenters. The summed E-state index contributed by atoms with van der Waals surface area (Å²) in [4.78, 5) is 4.65. The molecule has 0 unspecified atom stereocenters. The molecule has 108 valence electrons. The van der Waals surface area contributed by atoms with E-state index in [0.29, 0.717) is 0 Å². The number of rotatable bonds is 7. The van der Waals surface area contributed by atoms with Gasteiger partial charge in [-0.2, -0.15) is 11.8 Å². The molecule has 0 radical (unpaired) electrons. The van der Waals surface area contributed by atoms with Gasteiger partial charge < -0.3 is 10.6 Å². The van der Waals surface area contributed by atoms with Crippen LogP contribution in [-0.4, -0.2) is 36.6 Å². The van der Waals surface area contributed by atoms with Crippen molar-refractivity contribution in [1.82, 2.24) is 10.6 Å². The maximum absolute atomic E-state index is 4.65. The van der Waals surface area contributed by atoms with Crippen molar-refractivity contribution in [2.24, 2.45) is 10.9 Å². The Bertz CT molecular complexity index is 253. The molecule has 18 heavy (non-hydrogen) atoms. The van der Waals surface area contributed by atoms with Gasteiger partial charge in [-0.3, -0.25) is 4.99 Å². The summed E-state index contributed by atoms with van der Waals surface area (Å²) in [6, 6.07) is 0. The van der Waals surface area contributed by atoms with E-state index in [4.69, 9.17) is 0 Å². The van der Waals surface area contributed by atoms with E-state index in [0.717, 1.165) is 31.5 Å². The average Bonchev–Trinajstić information content (AvgIpc) is 3.10. The van der Waals surface area contributed by atoms with Crippen LogP contribution in [-0.2, 0) is 0 Å². The van der Waals surface area contributed by atoms with Crippen molar-refractivity contribution < 1.29 is 0 Å². The molecule has 1 aliphatic carbocycles. The van der Waals surface area contributed by atoms with Crippen LogP contribution in [0.1, 0.15) is 40.0 Å². The third kappa shape index (κ3) is 8.45. The van der Waals surface area contributed by atoms with Crippen molar-refractivity contribution in [2.45, 2.75) is 44.8 Å². The number of hydrogen-bond acceptors (Lipinski definition) is 2. The second kappa shape index (κ2) is 9.28. The molecule has 0 bridgehead atoms. The summed E-state index contributed by atoms with van der Waals surface area (Å²) in [5.74, 6) is 1.95. The number of hydrogen-bond donors (Lipinski definition) is 2. The molecule has 1 saturated carbocycles. The number of halogens is 1. The lowest BCUT2D eigenvalue weighted by Crippen LogP contribution is -2.39. The zero-order valence-electron chi connectivity index (χ0n) is 12.1. The lowest BCUT2D eigenvalue weighted by molar-refractivity contribution is 0.674. The summed E-state index contributed by atoms with van der Waals surface area (Å²) in [5.41, 5.74) is 0. The van der Waals surface area contributed by atoms with Gasteiger partial charge in [-0.1, -0.05) is 12.8 Å². The summed E-state index contributed by atoms with van der Waals surface area (Å²) in [7, 11) is 0. The fourth-order valence-corrected chi connectivity index (χ4v) is 1.67. The van der Waals surface area contributed by atoms with Crippen LogP contribution >= 0.6 is 35.7 Å². The molecule has 0 aromatic heterocycles. The van der Waals surface area contributed by atoms with E-state index in [1.54, 1.807) is 0 Å². The molecule has 0 aromatic carbocycles. The molecule has 5 heteroatoms. The number of guanidine groups is 1. The van der Waals surface area contributed by atoms with Crippen LogP contribution in [0.3, 0.4) is 0 Å². The zero-order valence-corrected chi connectivity index (χ0v) is 15.2. The van der Waals surface area contributed by atoms with Gasteiger partial charge in [-0.05, 0) is 39.4 Å². The second-order valence-electron chi connectivity index (χ2n) is 5.32. The SMILES string of the molecule is CCNC(=NCC(C)(C)SC)NCCC1CC1.I. The Morgan fingerprint density at radius 2 is 2.00 bits per heavy atom. The van der Waals surface area contributed by atoms with Gasteiger partial charge in [-0.25, -0.2) is 0 Å². The van der Waals surface area contributed by atoms with E-state index in [9.17, 15) is 0 Å². The van der Waals surface area contributed by atoms with Crippen molar-refractivity contribution >= 4 is 41.7 Å². The van der Waals surface area contributed by atoms with E-state index in [-0.39, 0.29) is 28.7 Å². The predicted molar refractivity (Wildman–Crippen MR) is 94.3 cm³/mol. The molecule has 0 spiro atoms. The quantitative estimate of drug-likeness (QED) is 0.402. The lowest BCUT2D eigenvalue weighted by Gasteiger charge is -2.20. The van der Waals surface area contributed by atoms with Crippen LogP contribution in [0.5, 0.6) is 0 Å². The minimum Gasteiger partial charge on any atom is -0.357 e. The first kappa shape index (κ1) is 18.4. The summed E-state index contributed by atoms with van der Waals surface area (Å²) in [6.45, 7) is 9.40. The van der Waals surface area contributed by atoms with Crippen LogP contribution in [0, 0.1) is 5.92 Å². The Hall–Kier alpha value is 0.350. The molecule has 0 aromatic rings. The fraction of sp³-hybridized carbons (Fsp3) is 0.923. The minimum atomic E-state index is 0. The van der Waals surface area contributed by atoms with Crippen molar-refractivity contribution in [3.8, 4) is 0 Å². The Morgan fingerprint density at radius 1 is 1.33 bits per heavy atom. The maximum atomic E-state index is 4.65. The molecule has 1 rings (SSSR count). The van der Waals surface area contributed by atoms with Gasteiger partial charge in [-0.15, -0.1) is 24.0 Å². The van der Waals surface area contributed by atoms with E-state index >= 15 is 0 Å². The number of nitrogens with zero attached hydrogens (tertiary/aromatic N) is 1. The standard InChI is InChI=1S/C13H27N3S.HI/c1-5-14-12(15-9-8-11-6-7-11)16-10-13(2,3)17-4;/h11H,5-10H2,1-4H3,(H2,14,15,16);1H. The molecular formula is C13H28IN3S. The monoisotopic (exact) mass is 385 g/mol. The number of nitrogens with one attached hydrogen (secondary N) is 2. The summed E-state index contributed by atoms with van der Waals surface area (Å²) in [6.07, 6.45) is 6.28. The predicted octanol–water partition coefficient (Wildman–Crippen LogP) is 3.10. The van der Waals surface area contributed by atoms with E-state index in [1.165, 1.54) is 19.3 Å². The Balaban J connectivity index is 0.00000289. The molecule has 3 nitrogen and oxygen atoms in total. The summed E-state index contributed by atoms with van der Waals surface area (Å²) >= 11 is 1.86. The third-order valence-corrected chi connectivity index (χ3v) is 4.29. The highest BCUT2D eigenvalue weighted by molar-refractivity contribution is 14.0. The van der Waals surface area contributed by atoms with Crippen LogP contribution in [0.2, 0.25) is 0 Å². The first-order chi connectivity index (χ1) is 8.07. The van der Waals surface area contributed by atoms with Gasteiger partial charge in [0.2, 0.25) is 0 Å². The molecule has 0 amide bonds. The molecule has 2 N–H and O–H groups in total. The third-order valence-electron chi connectivity index (χ3n) is 3.06. The van der Waals surface area contributed by atoms with E-state index in [1.807, 2.05) is 11.8 Å². The lowest BCUT2D eigenvalue weighted by atomic mass is 10.2. The normalized spacial score (nSPS) is 16.1.